The molecule has 5 rings (SSSR count). The van der Waals surface area contributed by atoms with Gasteiger partial charge in [0.2, 0.25) is 0 Å². The summed E-state index contributed by atoms with van der Waals surface area (Å²) < 4.78 is 11.2. The fraction of sp³-hybridized carbons (Fsp3) is 0.500. The minimum absolute atomic E-state index is 0.0504. The second-order valence-corrected chi connectivity index (χ2v) is 9.20. The van der Waals surface area contributed by atoms with Gasteiger partial charge in [-0.2, -0.15) is 0 Å². The van der Waals surface area contributed by atoms with Gasteiger partial charge in [0.15, 0.2) is 0 Å². The van der Waals surface area contributed by atoms with Crippen molar-refractivity contribution in [2.75, 3.05) is 24.3 Å². The monoisotopic (exact) mass is 393 g/mol. The lowest BCUT2D eigenvalue weighted by Gasteiger charge is -2.23. The van der Waals surface area contributed by atoms with Gasteiger partial charge in [0, 0.05) is 17.7 Å². The van der Waals surface area contributed by atoms with Crippen LogP contribution in [0.3, 0.4) is 0 Å². The van der Waals surface area contributed by atoms with Crippen LogP contribution in [-0.2, 0) is 10.2 Å². The van der Waals surface area contributed by atoms with Gasteiger partial charge in [0.1, 0.15) is 5.69 Å². The molecule has 152 valence electrons. The SMILES string of the molecule is CC(C)(C)c1cc(C2CC2)cc2c(N)cc(-c3nnc(NC4CCOC4)o3)nc12. The molecule has 3 aromatic rings. The number of aromatic nitrogens is 3. The van der Waals surface area contributed by atoms with Crippen LogP contribution in [0.5, 0.6) is 0 Å². The standard InChI is InChI=1S/C22H27N5O2/c1-22(2,3)16-9-13(12-4-5-12)8-15-17(23)10-18(25-19(15)16)20-26-27-21(29-20)24-14-6-7-28-11-14/h8-10,12,14H,4-7,11H2,1-3H3,(H2,23,25)(H,24,27). The Morgan fingerprint density at radius 2 is 1.93 bits per heavy atom. The van der Waals surface area contributed by atoms with E-state index in [1.807, 2.05) is 6.07 Å². The Labute approximate surface area is 170 Å². The number of ether oxygens (including phenoxy) is 1. The highest BCUT2D eigenvalue weighted by Crippen LogP contribution is 2.44. The van der Waals surface area contributed by atoms with E-state index >= 15 is 0 Å². The van der Waals surface area contributed by atoms with Crippen molar-refractivity contribution in [3.63, 3.8) is 0 Å². The minimum atomic E-state index is -0.0504. The lowest BCUT2D eigenvalue weighted by atomic mass is 9.83. The van der Waals surface area contributed by atoms with Gasteiger partial charge in [-0.25, -0.2) is 4.98 Å². The van der Waals surface area contributed by atoms with Crippen molar-refractivity contribution in [3.05, 3.63) is 29.3 Å². The molecule has 2 aliphatic rings. The topological polar surface area (TPSA) is 99.1 Å². The smallest absolute Gasteiger partial charge is 0.316 e. The molecule has 0 spiro atoms. The highest BCUT2D eigenvalue weighted by atomic mass is 16.5. The Balaban J connectivity index is 1.57. The highest BCUT2D eigenvalue weighted by molar-refractivity contribution is 5.95. The van der Waals surface area contributed by atoms with Crippen molar-refractivity contribution in [1.29, 1.82) is 0 Å². The maximum absolute atomic E-state index is 6.47. The van der Waals surface area contributed by atoms with E-state index in [-0.39, 0.29) is 11.5 Å². The number of nitrogens with two attached hydrogens (primary N) is 1. The number of benzene rings is 1. The molecule has 7 heteroatoms. The average Bonchev–Trinajstić information content (AvgIpc) is 3.20. The normalized spacial score (nSPS) is 19.8. The quantitative estimate of drug-likeness (QED) is 0.684. The van der Waals surface area contributed by atoms with Crippen molar-refractivity contribution in [1.82, 2.24) is 15.2 Å². The number of nitrogens with one attached hydrogen (secondary N) is 1. The third-order valence-electron chi connectivity index (χ3n) is 5.73. The lowest BCUT2D eigenvalue weighted by Crippen LogP contribution is -2.18. The fourth-order valence-electron chi connectivity index (χ4n) is 3.92. The molecule has 3 heterocycles. The number of hydrogen-bond donors (Lipinski definition) is 2. The molecule has 1 saturated carbocycles. The first kappa shape index (κ1) is 18.4. The third kappa shape index (κ3) is 3.55. The van der Waals surface area contributed by atoms with E-state index in [1.165, 1.54) is 24.0 Å². The zero-order chi connectivity index (χ0) is 20.2. The van der Waals surface area contributed by atoms with Crippen LogP contribution < -0.4 is 11.1 Å². The van der Waals surface area contributed by atoms with Crippen LogP contribution in [0.4, 0.5) is 11.7 Å². The molecule has 2 fully saturated rings. The van der Waals surface area contributed by atoms with E-state index in [4.69, 9.17) is 19.9 Å². The van der Waals surface area contributed by atoms with Crippen LogP contribution in [0.2, 0.25) is 0 Å². The Bertz CT molecular complexity index is 1060. The Hall–Kier alpha value is -2.67. The van der Waals surface area contributed by atoms with E-state index in [1.54, 1.807) is 0 Å². The van der Waals surface area contributed by atoms with Gasteiger partial charge in [-0.1, -0.05) is 31.9 Å². The summed E-state index contributed by atoms with van der Waals surface area (Å²) in [6.45, 7) is 8.03. The van der Waals surface area contributed by atoms with Crippen molar-refractivity contribution in [2.45, 2.75) is 57.4 Å². The van der Waals surface area contributed by atoms with Crippen LogP contribution in [0.1, 0.15) is 57.1 Å². The summed E-state index contributed by atoms with van der Waals surface area (Å²) >= 11 is 0. The van der Waals surface area contributed by atoms with Crippen LogP contribution in [0.25, 0.3) is 22.5 Å². The third-order valence-corrected chi connectivity index (χ3v) is 5.73. The van der Waals surface area contributed by atoms with Crippen LogP contribution in [0, 0.1) is 0 Å². The van der Waals surface area contributed by atoms with Gasteiger partial charge >= 0.3 is 6.01 Å². The summed E-state index contributed by atoms with van der Waals surface area (Å²) in [4.78, 5) is 4.91. The molecule has 1 aliphatic carbocycles. The van der Waals surface area contributed by atoms with E-state index in [2.05, 4.69) is 48.4 Å². The van der Waals surface area contributed by atoms with Crippen LogP contribution in [-0.4, -0.2) is 34.4 Å². The van der Waals surface area contributed by atoms with Crippen molar-refractivity contribution >= 4 is 22.6 Å². The Morgan fingerprint density at radius 1 is 1.10 bits per heavy atom. The van der Waals surface area contributed by atoms with Gasteiger partial charge in [-0.05, 0) is 53.9 Å². The van der Waals surface area contributed by atoms with Crippen LogP contribution >= 0.6 is 0 Å². The largest absolute Gasteiger partial charge is 0.402 e. The second-order valence-electron chi connectivity index (χ2n) is 9.20. The van der Waals surface area contributed by atoms with Crippen molar-refractivity contribution < 1.29 is 9.15 Å². The van der Waals surface area contributed by atoms with E-state index in [9.17, 15) is 0 Å². The number of nitrogens with zero attached hydrogens (tertiary/aromatic N) is 3. The zero-order valence-electron chi connectivity index (χ0n) is 17.2. The Kier molecular flexibility index (Phi) is 4.24. The molecule has 0 bridgehead atoms. The molecule has 0 amide bonds. The summed E-state index contributed by atoms with van der Waals surface area (Å²) in [5.74, 6) is 1.02. The lowest BCUT2D eigenvalue weighted by molar-refractivity contribution is 0.195. The molecule has 1 saturated heterocycles. The van der Waals surface area contributed by atoms with Gasteiger partial charge in [-0.15, -0.1) is 5.10 Å². The van der Waals surface area contributed by atoms with Gasteiger partial charge in [-0.3, -0.25) is 0 Å². The summed E-state index contributed by atoms with van der Waals surface area (Å²) in [5, 5.41) is 12.5. The summed E-state index contributed by atoms with van der Waals surface area (Å²) in [6.07, 6.45) is 3.44. The van der Waals surface area contributed by atoms with Crippen molar-refractivity contribution in [3.8, 4) is 11.6 Å². The van der Waals surface area contributed by atoms with E-state index in [0.717, 1.165) is 23.9 Å². The Morgan fingerprint density at radius 3 is 2.62 bits per heavy atom. The maximum Gasteiger partial charge on any atom is 0.316 e. The highest BCUT2D eigenvalue weighted by Gasteiger charge is 2.28. The number of rotatable bonds is 4. The molecule has 1 unspecified atom stereocenters. The molecule has 1 aromatic carbocycles. The summed E-state index contributed by atoms with van der Waals surface area (Å²) in [6, 6.07) is 6.93. The molecule has 0 radical (unpaired) electrons. The van der Waals surface area contributed by atoms with Gasteiger partial charge < -0.3 is 20.2 Å². The van der Waals surface area contributed by atoms with Gasteiger partial charge in [0.25, 0.3) is 5.89 Å². The van der Waals surface area contributed by atoms with Crippen LogP contribution in [0.15, 0.2) is 22.6 Å². The minimum Gasteiger partial charge on any atom is -0.402 e. The predicted octanol–water partition coefficient (Wildman–Crippen LogP) is 4.24. The maximum atomic E-state index is 6.47. The number of hydrogen-bond acceptors (Lipinski definition) is 7. The van der Waals surface area contributed by atoms with E-state index in [0.29, 0.717) is 35.8 Å². The molecular weight excluding hydrogens is 366 g/mol. The molecule has 1 aliphatic heterocycles. The number of fused-ring (bicyclic) bond motifs is 1. The molecule has 1 atom stereocenters. The molecule has 2 aromatic heterocycles. The number of anilines is 2. The molecule has 29 heavy (non-hydrogen) atoms. The van der Waals surface area contributed by atoms with E-state index < -0.39 is 0 Å². The van der Waals surface area contributed by atoms with Gasteiger partial charge in [0.05, 0.1) is 18.2 Å². The molecule has 3 N–H and O–H groups in total. The van der Waals surface area contributed by atoms with Crippen molar-refractivity contribution in [2.24, 2.45) is 0 Å². The molecular formula is C22H27N5O2. The first-order valence-corrected chi connectivity index (χ1v) is 10.3. The summed E-state index contributed by atoms with van der Waals surface area (Å²) in [7, 11) is 0. The zero-order valence-corrected chi connectivity index (χ0v) is 17.2. The number of pyridine rings is 1. The molecule has 7 nitrogen and oxygen atoms in total. The predicted molar refractivity (Wildman–Crippen MR) is 113 cm³/mol. The number of nitrogen functional groups attached to an aromatic ring is 1. The fourth-order valence-corrected chi connectivity index (χ4v) is 3.92. The summed E-state index contributed by atoms with van der Waals surface area (Å²) in [5.41, 5.74) is 11.2. The first-order valence-electron chi connectivity index (χ1n) is 10.3. The second kappa shape index (κ2) is 6.69. The first-order chi connectivity index (χ1) is 13.9. The average molecular weight is 393 g/mol.